The summed E-state index contributed by atoms with van der Waals surface area (Å²) in [5.41, 5.74) is 17.5. The summed E-state index contributed by atoms with van der Waals surface area (Å²) in [6.45, 7) is 9.42. The van der Waals surface area contributed by atoms with Crippen LogP contribution in [0.15, 0.2) is 133 Å². The van der Waals surface area contributed by atoms with Crippen molar-refractivity contribution in [3.05, 3.63) is 167 Å². The van der Waals surface area contributed by atoms with Crippen molar-refractivity contribution in [2.45, 2.75) is 40.5 Å². The molecule has 0 saturated heterocycles. The van der Waals surface area contributed by atoms with Crippen molar-refractivity contribution in [2.24, 2.45) is 0 Å². The van der Waals surface area contributed by atoms with Crippen molar-refractivity contribution in [1.82, 2.24) is 4.57 Å². The molecular formula is C50H39N. The molecule has 0 N–H and O–H groups in total. The first kappa shape index (κ1) is 29.9. The molecule has 0 amide bonds. The summed E-state index contributed by atoms with van der Waals surface area (Å²) in [5, 5.41) is 10.5. The van der Waals surface area contributed by atoms with E-state index in [1.807, 2.05) is 0 Å². The highest BCUT2D eigenvalue weighted by molar-refractivity contribution is 6.28. The smallest absolute Gasteiger partial charge is 0.0548 e. The Morgan fingerprint density at radius 3 is 1.55 bits per heavy atom. The fourth-order valence-electron chi connectivity index (χ4n) is 9.38. The van der Waals surface area contributed by atoms with Crippen LogP contribution in [0.5, 0.6) is 0 Å². The molecule has 0 aliphatic heterocycles. The van der Waals surface area contributed by atoms with Crippen LogP contribution < -0.4 is 0 Å². The maximum Gasteiger partial charge on any atom is 0.0548 e. The molecule has 0 bridgehead atoms. The lowest BCUT2D eigenvalue weighted by molar-refractivity contribution is 0.991. The molecule has 0 unspecified atom stereocenters. The van der Waals surface area contributed by atoms with Crippen LogP contribution in [-0.4, -0.2) is 4.57 Å². The average Bonchev–Trinajstić information content (AvgIpc) is 3.52. The summed E-state index contributed by atoms with van der Waals surface area (Å²) >= 11 is 0. The van der Waals surface area contributed by atoms with Crippen molar-refractivity contribution >= 4 is 60.2 Å². The molecule has 1 aromatic heterocycles. The molecule has 8 aromatic carbocycles. The molecule has 1 aliphatic rings. The fraction of sp³-hybridized carbons (Fsp3) is 0.120. The van der Waals surface area contributed by atoms with E-state index < -0.39 is 0 Å². The summed E-state index contributed by atoms with van der Waals surface area (Å²) in [6.07, 6.45) is 6.90. The number of fused-ring (bicyclic) bond motifs is 9. The van der Waals surface area contributed by atoms with Crippen molar-refractivity contribution < 1.29 is 0 Å². The topological polar surface area (TPSA) is 4.93 Å². The highest BCUT2D eigenvalue weighted by atomic mass is 15.0. The standard InChI is InChI=1S/C50H39N/c1-30-32(3)50(51-43-28-26-34-16-8-10-20-37(34)48(43)49-38-21-11-9-17-35(38)27-29-44(49)51)33(4)31(2)45(30)47-41-24-14-12-22-39(41)46(36-18-6-5-7-19-36)40-23-13-15-25-42(40)47/h5-12,14-22,24-29H,13,23H2,1-4H3. The van der Waals surface area contributed by atoms with Gasteiger partial charge in [0, 0.05) is 10.8 Å². The van der Waals surface area contributed by atoms with Gasteiger partial charge in [-0.05, 0) is 141 Å². The SMILES string of the molecule is Cc1c(C)c(-n2c3ccc4ccccc4c3c3c4ccccc4ccc32)c(C)c(C)c1-c1c2c(c(-c3ccccc3)c3ccccc13)CCC=C2. The first-order valence-corrected chi connectivity index (χ1v) is 18.3. The van der Waals surface area contributed by atoms with Gasteiger partial charge in [-0.1, -0.05) is 127 Å². The van der Waals surface area contributed by atoms with Gasteiger partial charge in [0.05, 0.1) is 16.7 Å². The summed E-state index contributed by atoms with van der Waals surface area (Å²) in [5.74, 6) is 0. The van der Waals surface area contributed by atoms with Crippen LogP contribution in [0.3, 0.4) is 0 Å². The lowest BCUT2D eigenvalue weighted by Crippen LogP contribution is -2.08. The third kappa shape index (κ3) is 4.22. The first-order chi connectivity index (χ1) is 25.0. The monoisotopic (exact) mass is 653 g/mol. The largest absolute Gasteiger partial charge is 0.309 e. The highest BCUT2D eigenvalue weighted by Gasteiger charge is 2.27. The van der Waals surface area contributed by atoms with Crippen molar-refractivity contribution in [3.8, 4) is 27.9 Å². The summed E-state index contributed by atoms with van der Waals surface area (Å²) in [7, 11) is 0. The number of aromatic nitrogens is 1. The van der Waals surface area contributed by atoms with Gasteiger partial charge in [0.15, 0.2) is 0 Å². The Balaban J connectivity index is 1.32. The van der Waals surface area contributed by atoms with E-state index in [1.54, 1.807) is 0 Å². The van der Waals surface area contributed by atoms with Gasteiger partial charge < -0.3 is 4.57 Å². The Bertz CT molecular complexity index is 2810. The van der Waals surface area contributed by atoms with Crippen LogP contribution in [0.4, 0.5) is 0 Å². The van der Waals surface area contributed by atoms with Gasteiger partial charge in [0.1, 0.15) is 0 Å². The molecule has 0 radical (unpaired) electrons. The number of benzene rings is 8. The fourth-order valence-corrected chi connectivity index (χ4v) is 9.38. The van der Waals surface area contributed by atoms with Crippen molar-refractivity contribution in [1.29, 1.82) is 0 Å². The molecule has 10 rings (SSSR count). The number of hydrogen-bond acceptors (Lipinski definition) is 0. The zero-order valence-electron chi connectivity index (χ0n) is 29.6. The van der Waals surface area contributed by atoms with Crippen LogP contribution in [0.2, 0.25) is 0 Å². The number of rotatable bonds is 3. The Morgan fingerprint density at radius 1 is 0.451 bits per heavy atom. The second kappa shape index (κ2) is 11.3. The number of nitrogens with zero attached hydrogens (tertiary/aromatic N) is 1. The number of allylic oxidation sites excluding steroid dienone is 1. The van der Waals surface area contributed by atoms with E-state index in [1.165, 1.54) is 115 Å². The minimum atomic E-state index is 1.05. The zero-order valence-corrected chi connectivity index (χ0v) is 29.6. The second-order valence-electron chi connectivity index (χ2n) is 14.4. The quantitative estimate of drug-likeness (QED) is 0.179. The second-order valence-corrected chi connectivity index (χ2v) is 14.4. The van der Waals surface area contributed by atoms with Crippen LogP contribution in [-0.2, 0) is 6.42 Å². The highest BCUT2D eigenvalue weighted by Crippen LogP contribution is 2.49. The Kier molecular flexibility index (Phi) is 6.64. The first-order valence-electron chi connectivity index (χ1n) is 18.3. The molecule has 1 heteroatoms. The van der Waals surface area contributed by atoms with E-state index in [0.29, 0.717) is 0 Å². The third-order valence-corrected chi connectivity index (χ3v) is 11.9. The van der Waals surface area contributed by atoms with Gasteiger partial charge in [0.25, 0.3) is 0 Å². The minimum absolute atomic E-state index is 1.05. The molecule has 0 atom stereocenters. The lowest BCUT2D eigenvalue weighted by atomic mass is 9.77. The molecular weight excluding hydrogens is 615 g/mol. The molecule has 9 aromatic rings. The summed E-state index contributed by atoms with van der Waals surface area (Å²) < 4.78 is 2.57. The Morgan fingerprint density at radius 2 is 0.961 bits per heavy atom. The van der Waals surface area contributed by atoms with E-state index in [2.05, 4.69) is 172 Å². The predicted molar refractivity (Wildman–Crippen MR) is 220 cm³/mol. The molecule has 0 spiro atoms. The van der Waals surface area contributed by atoms with E-state index >= 15 is 0 Å². The maximum atomic E-state index is 2.57. The Labute approximate surface area is 299 Å². The lowest BCUT2D eigenvalue weighted by Gasteiger charge is -2.28. The van der Waals surface area contributed by atoms with Gasteiger partial charge in [-0.25, -0.2) is 0 Å². The average molecular weight is 654 g/mol. The summed E-state index contributed by atoms with van der Waals surface area (Å²) in [6, 6.07) is 47.1. The van der Waals surface area contributed by atoms with Gasteiger partial charge in [-0.2, -0.15) is 0 Å². The number of hydrogen-bond donors (Lipinski definition) is 0. The van der Waals surface area contributed by atoms with Crippen LogP contribution in [0.25, 0.3) is 88.1 Å². The maximum absolute atomic E-state index is 2.57. The molecule has 244 valence electrons. The minimum Gasteiger partial charge on any atom is -0.309 e. The van der Waals surface area contributed by atoms with E-state index in [0.717, 1.165) is 12.8 Å². The van der Waals surface area contributed by atoms with Gasteiger partial charge in [-0.3, -0.25) is 0 Å². The molecule has 1 aliphatic carbocycles. The van der Waals surface area contributed by atoms with Crippen LogP contribution in [0.1, 0.15) is 39.8 Å². The predicted octanol–water partition coefficient (Wildman–Crippen LogP) is 13.8. The zero-order chi connectivity index (χ0) is 34.4. The normalized spacial score (nSPS) is 12.9. The van der Waals surface area contributed by atoms with Gasteiger partial charge in [-0.15, -0.1) is 0 Å². The molecule has 0 fully saturated rings. The van der Waals surface area contributed by atoms with Crippen LogP contribution in [0, 0.1) is 27.7 Å². The van der Waals surface area contributed by atoms with Gasteiger partial charge >= 0.3 is 0 Å². The van der Waals surface area contributed by atoms with Crippen molar-refractivity contribution in [2.75, 3.05) is 0 Å². The van der Waals surface area contributed by atoms with E-state index in [4.69, 9.17) is 0 Å². The van der Waals surface area contributed by atoms with E-state index in [-0.39, 0.29) is 0 Å². The molecule has 1 heterocycles. The van der Waals surface area contributed by atoms with E-state index in [9.17, 15) is 0 Å². The molecule has 0 saturated carbocycles. The van der Waals surface area contributed by atoms with Crippen molar-refractivity contribution in [3.63, 3.8) is 0 Å². The molecule has 51 heavy (non-hydrogen) atoms. The summed E-state index contributed by atoms with van der Waals surface area (Å²) in [4.78, 5) is 0. The molecule has 1 nitrogen and oxygen atoms in total. The van der Waals surface area contributed by atoms with Gasteiger partial charge in [0.2, 0.25) is 0 Å². The Hall–Kier alpha value is -5.92. The van der Waals surface area contributed by atoms with Crippen LogP contribution >= 0.6 is 0 Å². The third-order valence-electron chi connectivity index (χ3n) is 11.9.